The molecule has 208 valence electrons. The fraction of sp³-hybridized carbons (Fsp3) is 0.364. The highest BCUT2D eigenvalue weighted by Crippen LogP contribution is 2.37. The van der Waals surface area contributed by atoms with Crippen LogP contribution in [0.15, 0.2) is 84.9 Å². The fourth-order valence-electron chi connectivity index (χ4n) is 5.91. The zero-order chi connectivity index (χ0) is 28.1. The number of urea groups is 1. The molecule has 2 aliphatic heterocycles. The van der Waals surface area contributed by atoms with Crippen molar-refractivity contribution in [3.8, 4) is 0 Å². The van der Waals surface area contributed by atoms with Gasteiger partial charge in [0, 0.05) is 50.5 Å². The average Bonchev–Trinajstić information content (AvgIpc) is 3.01. The van der Waals surface area contributed by atoms with Crippen LogP contribution in [0.3, 0.4) is 0 Å². The number of likely N-dealkylation sites (tertiary alicyclic amines) is 1. The summed E-state index contributed by atoms with van der Waals surface area (Å²) in [4.78, 5) is 45.0. The van der Waals surface area contributed by atoms with E-state index in [9.17, 15) is 14.4 Å². The number of anilines is 1. The van der Waals surface area contributed by atoms with E-state index in [4.69, 9.17) is 0 Å². The third-order valence-corrected chi connectivity index (χ3v) is 8.48. The van der Waals surface area contributed by atoms with E-state index in [1.165, 1.54) is 0 Å². The van der Waals surface area contributed by atoms with Crippen LogP contribution >= 0.6 is 0 Å². The lowest BCUT2D eigenvalue weighted by molar-refractivity contribution is -0.129. The molecule has 1 N–H and O–H groups in total. The Morgan fingerprint density at radius 1 is 0.725 bits per heavy atom. The highest BCUT2D eigenvalue weighted by Gasteiger charge is 2.44. The van der Waals surface area contributed by atoms with E-state index < -0.39 is 5.41 Å². The van der Waals surface area contributed by atoms with Crippen LogP contribution in [-0.2, 0) is 10.2 Å². The van der Waals surface area contributed by atoms with Crippen LogP contribution < -0.4 is 10.2 Å². The number of benzene rings is 3. The molecule has 0 aromatic heterocycles. The van der Waals surface area contributed by atoms with Crippen molar-refractivity contribution in [2.24, 2.45) is 0 Å². The van der Waals surface area contributed by atoms with Gasteiger partial charge in [0.25, 0.3) is 0 Å². The molecule has 0 saturated carbocycles. The van der Waals surface area contributed by atoms with Gasteiger partial charge in [-0.15, -0.1) is 0 Å². The predicted octanol–water partition coefficient (Wildman–Crippen LogP) is 5.04. The van der Waals surface area contributed by atoms with Gasteiger partial charge in [-0.3, -0.25) is 9.59 Å². The molecule has 7 heteroatoms. The van der Waals surface area contributed by atoms with Gasteiger partial charge in [0.15, 0.2) is 5.78 Å². The topological polar surface area (TPSA) is 73.0 Å². The SMILES string of the molecule is CC(=O)c1ccc(N2CCN(C(=O)N3CCC(C(=O)N[C@@H](C)c4ccccc4)(c4ccccc4)CC3)CC2)cc1. The molecule has 0 unspecified atom stereocenters. The van der Waals surface area contributed by atoms with Crippen LogP contribution in [0, 0.1) is 0 Å². The van der Waals surface area contributed by atoms with Gasteiger partial charge in [-0.05, 0) is 62.1 Å². The molecule has 2 saturated heterocycles. The summed E-state index contributed by atoms with van der Waals surface area (Å²) in [5.41, 5.74) is 3.17. The normalized spacial score (nSPS) is 17.7. The number of nitrogens with one attached hydrogen (secondary N) is 1. The third-order valence-electron chi connectivity index (χ3n) is 8.48. The van der Waals surface area contributed by atoms with E-state index in [0.717, 1.165) is 29.9 Å². The van der Waals surface area contributed by atoms with Crippen LogP contribution in [0.25, 0.3) is 0 Å². The van der Waals surface area contributed by atoms with E-state index >= 15 is 0 Å². The van der Waals surface area contributed by atoms with Crippen LogP contribution in [-0.4, -0.2) is 66.8 Å². The standard InChI is InChI=1S/C33H38N4O3/c1-25(27-9-5-3-6-10-27)34-31(39)33(29-11-7-4-8-12-29)17-19-36(20-18-33)32(40)37-23-21-35(22-24-37)30-15-13-28(14-16-30)26(2)38/h3-16,25H,17-24H2,1-2H3,(H,34,39)/t25-/m0/s1. The first-order chi connectivity index (χ1) is 19.4. The molecule has 0 bridgehead atoms. The monoisotopic (exact) mass is 538 g/mol. The summed E-state index contributed by atoms with van der Waals surface area (Å²) >= 11 is 0. The van der Waals surface area contributed by atoms with Crippen molar-refractivity contribution in [1.29, 1.82) is 0 Å². The molecule has 1 atom stereocenters. The number of nitrogens with zero attached hydrogens (tertiary/aromatic N) is 3. The van der Waals surface area contributed by atoms with Crippen molar-refractivity contribution >= 4 is 23.4 Å². The van der Waals surface area contributed by atoms with E-state index in [2.05, 4.69) is 10.2 Å². The van der Waals surface area contributed by atoms with E-state index in [1.807, 2.05) is 102 Å². The second-order valence-corrected chi connectivity index (χ2v) is 10.9. The van der Waals surface area contributed by atoms with Gasteiger partial charge in [0.05, 0.1) is 11.5 Å². The molecule has 0 spiro atoms. The first-order valence-electron chi connectivity index (χ1n) is 14.2. The number of Topliss-reactive ketones (excluding diaryl/α,β-unsaturated/α-hetero) is 1. The summed E-state index contributed by atoms with van der Waals surface area (Å²) in [5, 5.41) is 3.27. The maximum absolute atomic E-state index is 13.9. The Balaban J connectivity index is 1.22. The highest BCUT2D eigenvalue weighted by atomic mass is 16.2. The lowest BCUT2D eigenvalue weighted by Crippen LogP contribution is -2.57. The zero-order valence-corrected chi connectivity index (χ0v) is 23.4. The van der Waals surface area contributed by atoms with Gasteiger partial charge in [-0.2, -0.15) is 0 Å². The van der Waals surface area contributed by atoms with Crippen LogP contribution in [0.1, 0.15) is 54.2 Å². The Hall–Kier alpha value is -4.13. The van der Waals surface area contributed by atoms with E-state index in [1.54, 1.807) is 6.92 Å². The molecule has 3 aromatic rings. The number of hydrogen-bond acceptors (Lipinski definition) is 4. The van der Waals surface area contributed by atoms with Gasteiger partial charge >= 0.3 is 6.03 Å². The lowest BCUT2D eigenvalue weighted by Gasteiger charge is -2.44. The number of carbonyl (C=O) groups is 3. The molecule has 3 amide bonds. The van der Waals surface area contributed by atoms with Gasteiger partial charge in [0.2, 0.25) is 5.91 Å². The minimum Gasteiger partial charge on any atom is -0.368 e. The molecule has 3 aromatic carbocycles. The molecule has 0 radical (unpaired) electrons. The van der Waals surface area contributed by atoms with Crippen LogP contribution in [0.5, 0.6) is 0 Å². The fourth-order valence-corrected chi connectivity index (χ4v) is 5.91. The molecule has 0 aliphatic carbocycles. The third kappa shape index (κ3) is 5.74. The summed E-state index contributed by atoms with van der Waals surface area (Å²) < 4.78 is 0. The molecule has 5 rings (SSSR count). The quantitative estimate of drug-likeness (QED) is 0.446. The van der Waals surface area contributed by atoms with Crippen molar-refractivity contribution in [2.75, 3.05) is 44.2 Å². The molecule has 2 fully saturated rings. The van der Waals surface area contributed by atoms with E-state index in [-0.39, 0.29) is 23.8 Å². The number of hydrogen-bond donors (Lipinski definition) is 1. The number of rotatable bonds is 6. The number of amides is 3. The highest BCUT2D eigenvalue weighted by molar-refractivity contribution is 5.94. The summed E-state index contributed by atoms with van der Waals surface area (Å²) in [5.74, 6) is 0.0783. The predicted molar refractivity (Wildman–Crippen MR) is 158 cm³/mol. The van der Waals surface area contributed by atoms with Gasteiger partial charge in [-0.25, -0.2) is 4.79 Å². The van der Waals surface area contributed by atoms with Gasteiger partial charge < -0.3 is 20.0 Å². The molecule has 2 aliphatic rings. The van der Waals surface area contributed by atoms with Crippen LogP contribution in [0.2, 0.25) is 0 Å². The number of piperidine rings is 1. The van der Waals surface area contributed by atoms with Crippen molar-refractivity contribution < 1.29 is 14.4 Å². The summed E-state index contributed by atoms with van der Waals surface area (Å²) in [6.07, 6.45) is 1.16. The minimum atomic E-state index is -0.675. The number of carbonyl (C=O) groups excluding carboxylic acids is 3. The Labute approximate surface area is 236 Å². The molecular weight excluding hydrogens is 500 g/mol. The number of piperazine rings is 1. The van der Waals surface area contributed by atoms with E-state index in [0.29, 0.717) is 44.6 Å². The second-order valence-electron chi connectivity index (χ2n) is 10.9. The number of ketones is 1. The lowest BCUT2D eigenvalue weighted by atomic mass is 9.71. The Morgan fingerprint density at radius 3 is 1.85 bits per heavy atom. The maximum Gasteiger partial charge on any atom is 0.320 e. The first kappa shape index (κ1) is 27.4. The summed E-state index contributed by atoms with van der Waals surface area (Å²) in [7, 11) is 0. The van der Waals surface area contributed by atoms with Crippen molar-refractivity contribution in [3.63, 3.8) is 0 Å². The smallest absolute Gasteiger partial charge is 0.320 e. The maximum atomic E-state index is 13.9. The molecule has 7 nitrogen and oxygen atoms in total. The van der Waals surface area contributed by atoms with Crippen LogP contribution in [0.4, 0.5) is 10.5 Å². The Morgan fingerprint density at radius 2 is 1.27 bits per heavy atom. The van der Waals surface area contributed by atoms with Crippen molar-refractivity contribution in [1.82, 2.24) is 15.1 Å². The average molecular weight is 539 g/mol. The van der Waals surface area contributed by atoms with Crippen molar-refractivity contribution in [2.45, 2.75) is 38.1 Å². The summed E-state index contributed by atoms with van der Waals surface area (Å²) in [6.45, 7) is 7.43. The molecule has 40 heavy (non-hydrogen) atoms. The van der Waals surface area contributed by atoms with Gasteiger partial charge in [0.1, 0.15) is 0 Å². The minimum absolute atomic E-state index is 0.0200. The zero-order valence-electron chi connectivity index (χ0n) is 23.4. The second kappa shape index (κ2) is 11.9. The Bertz CT molecular complexity index is 1310. The van der Waals surface area contributed by atoms with Gasteiger partial charge in [-0.1, -0.05) is 60.7 Å². The first-order valence-corrected chi connectivity index (χ1v) is 14.2. The van der Waals surface area contributed by atoms with Crippen molar-refractivity contribution in [3.05, 3.63) is 102 Å². The Kier molecular flexibility index (Phi) is 8.19. The molecule has 2 heterocycles. The summed E-state index contributed by atoms with van der Waals surface area (Å²) in [6, 6.07) is 27.6. The molecular formula is C33H38N4O3. The largest absolute Gasteiger partial charge is 0.368 e.